The van der Waals surface area contributed by atoms with Crippen molar-refractivity contribution in [3.05, 3.63) is 60.1 Å². The molecule has 1 heterocycles. The summed E-state index contributed by atoms with van der Waals surface area (Å²) in [7, 11) is 0. The van der Waals surface area contributed by atoms with Crippen LogP contribution in [0.15, 0.2) is 53.2 Å². The molecule has 0 radical (unpaired) electrons. The Kier molecular flexibility index (Phi) is 7.42. The lowest BCUT2D eigenvalue weighted by atomic mass is 10.2. The van der Waals surface area contributed by atoms with Gasteiger partial charge in [-0.15, -0.1) is 6.42 Å². The van der Waals surface area contributed by atoms with E-state index in [0.29, 0.717) is 17.0 Å². The largest absolute Gasteiger partial charge is 0.465 e. The van der Waals surface area contributed by atoms with E-state index in [2.05, 4.69) is 21.9 Å². The Hall–Kier alpha value is -3.79. The van der Waals surface area contributed by atoms with Gasteiger partial charge < -0.3 is 20.4 Å². The molecule has 27 heavy (non-hydrogen) atoms. The maximum atomic E-state index is 11.8. The highest BCUT2D eigenvalue weighted by Gasteiger charge is 2.07. The molecule has 0 aliphatic carbocycles. The molecule has 3 N–H and O–H groups in total. The van der Waals surface area contributed by atoms with Crippen LogP contribution in [0.25, 0.3) is 6.08 Å². The fraction of sp³-hybridized carbons (Fsp3) is 0.150. The molecule has 1 aromatic carbocycles. The van der Waals surface area contributed by atoms with Gasteiger partial charge in [-0.05, 0) is 36.4 Å². The smallest absolute Gasteiger partial charge is 0.244 e. The van der Waals surface area contributed by atoms with Crippen molar-refractivity contribution in [3.63, 3.8) is 0 Å². The third-order valence-corrected chi connectivity index (χ3v) is 3.35. The second-order valence-corrected chi connectivity index (χ2v) is 5.44. The molecule has 7 heteroatoms. The van der Waals surface area contributed by atoms with E-state index in [1.54, 1.807) is 36.4 Å². The fourth-order valence-corrected chi connectivity index (χ4v) is 2.06. The number of rotatable bonds is 8. The first-order valence-electron chi connectivity index (χ1n) is 8.19. The molecule has 0 fully saturated rings. The van der Waals surface area contributed by atoms with Crippen LogP contribution < -0.4 is 16.0 Å². The lowest BCUT2D eigenvalue weighted by molar-refractivity contribution is -0.124. The predicted molar refractivity (Wildman–Crippen MR) is 101 cm³/mol. The van der Waals surface area contributed by atoms with Gasteiger partial charge in [0.1, 0.15) is 5.76 Å². The van der Waals surface area contributed by atoms with Crippen molar-refractivity contribution in [1.29, 1.82) is 0 Å². The molecule has 0 spiro atoms. The van der Waals surface area contributed by atoms with Crippen LogP contribution in [-0.2, 0) is 14.4 Å². The minimum atomic E-state index is -0.372. The van der Waals surface area contributed by atoms with Crippen molar-refractivity contribution in [2.24, 2.45) is 0 Å². The summed E-state index contributed by atoms with van der Waals surface area (Å²) >= 11 is 0. The van der Waals surface area contributed by atoms with E-state index in [-0.39, 0.29) is 37.2 Å². The van der Waals surface area contributed by atoms with Crippen molar-refractivity contribution in [1.82, 2.24) is 10.6 Å². The first-order chi connectivity index (χ1) is 13.1. The third kappa shape index (κ3) is 7.32. The summed E-state index contributed by atoms with van der Waals surface area (Å²) in [6.45, 7) is -0.0234. The Labute approximate surface area is 156 Å². The summed E-state index contributed by atoms with van der Waals surface area (Å²) in [5.74, 6) is 1.97. The highest BCUT2D eigenvalue weighted by molar-refractivity contribution is 5.95. The molecule has 3 amide bonds. The van der Waals surface area contributed by atoms with Crippen molar-refractivity contribution in [3.8, 4) is 12.3 Å². The summed E-state index contributed by atoms with van der Waals surface area (Å²) in [4.78, 5) is 35.1. The fourth-order valence-electron chi connectivity index (χ4n) is 2.06. The van der Waals surface area contributed by atoms with Gasteiger partial charge in [0, 0.05) is 30.3 Å². The second-order valence-electron chi connectivity index (χ2n) is 5.44. The molecule has 1 aromatic heterocycles. The van der Waals surface area contributed by atoms with Gasteiger partial charge >= 0.3 is 0 Å². The van der Waals surface area contributed by atoms with Crippen LogP contribution in [0.1, 0.15) is 17.7 Å². The number of nitrogens with one attached hydrogen (secondary N) is 3. The van der Waals surface area contributed by atoms with Crippen LogP contribution in [0.4, 0.5) is 5.69 Å². The van der Waals surface area contributed by atoms with E-state index in [0.717, 1.165) is 0 Å². The van der Waals surface area contributed by atoms with E-state index in [1.807, 2.05) is 0 Å². The number of furan rings is 1. The highest BCUT2D eigenvalue weighted by Crippen LogP contribution is 2.09. The van der Waals surface area contributed by atoms with Gasteiger partial charge in [-0.3, -0.25) is 14.4 Å². The minimum absolute atomic E-state index is 0.0557. The number of hydrogen-bond acceptors (Lipinski definition) is 4. The Bertz CT molecular complexity index is 864. The molecule has 7 nitrogen and oxygen atoms in total. The van der Waals surface area contributed by atoms with Crippen molar-refractivity contribution in [2.75, 3.05) is 18.4 Å². The molecule has 0 atom stereocenters. The van der Waals surface area contributed by atoms with E-state index < -0.39 is 0 Å². The molecule has 0 unspecified atom stereocenters. The SMILES string of the molecule is C#Cc1cccc(NC(=O)CNC(=O)CCNC(=O)C=Cc2ccco2)c1. The van der Waals surface area contributed by atoms with Gasteiger partial charge in [0.25, 0.3) is 0 Å². The molecule has 2 rings (SSSR count). The van der Waals surface area contributed by atoms with E-state index >= 15 is 0 Å². The zero-order valence-electron chi connectivity index (χ0n) is 14.5. The van der Waals surface area contributed by atoms with Crippen molar-refractivity contribution < 1.29 is 18.8 Å². The average Bonchev–Trinajstić information content (AvgIpc) is 3.18. The zero-order chi connectivity index (χ0) is 19.5. The summed E-state index contributed by atoms with van der Waals surface area (Å²) in [6, 6.07) is 10.3. The summed E-state index contributed by atoms with van der Waals surface area (Å²) in [5.41, 5.74) is 1.20. The molecule has 0 saturated heterocycles. The maximum Gasteiger partial charge on any atom is 0.244 e. The number of benzene rings is 1. The Morgan fingerprint density at radius 1 is 1.11 bits per heavy atom. The van der Waals surface area contributed by atoms with Crippen molar-refractivity contribution in [2.45, 2.75) is 6.42 Å². The lowest BCUT2D eigenvalue weighted by Crippen LogP contribution is -2.35. The molecule has 0 saturated carbocycles. The van der Waals surface area contributed by atoms with Gasteiger partial charge in [0.2, 0.25) is 17.7 Å². The molecular formula is C20H19N3O4. The number of amides is 3. The Morgan fingerprint density at radius 3 is 2.70 bits per heavy atom. The monoisotopic (exact) mass is 365 g/mol. The third-order valence-electron chi connectivity index (χ3n) is 3.35. The van der Waals surface area contributed by atoms with E-state index in [1.165, 1.54) is 18.4 Å². The maximum absolute atomic E-state index is 11.8. The lowest BCUT2D eigenvalue weighted by Gasteiger charge is -2.07. The number of hydrogen-bond donors (Lipinski definition) is 3. The van der Waals surface area contributed by atoms with Gasteiger partial charge in [0.05, 0.1) is 12.8 Å². The number of carbonyl (C=O) groups excluding carboxylic acids is 3. The number of anilines is 1. The molecule has 2 aromatic rings. The average molecular weight is 365 g/mol. The van der Waals surface area contributed by atoms with Gasteiger partial charge in [-0.1, -0.05) is 12.0 Å². The summed E-state index contributed by atoms with van der Waals surface area (Å²) in [5, 5.41) is 7.69. The first kappa shape index (κ1) is 19.5. The summed E-state index contributed by atoms with van der Waals surface area (Å²) < 4.78 is 5.06. The standard InChI is InChI=1S/C20H19N3O4/c1-2-15-5-3-6-16(13-15)23-20(26)14-22-19(25)10-11-21-18(24)9-8-17-7-4-12-27-17/h1,3-9,12-13H,10-11,14H2,(H,21,24)(H,22,25)(H,23,26). The molecule has 0 aliphatic rings. The molecule has 0 aliphatic heterocycles. The Balaban J connectivity index is 1.63. The predicted octanol–water partition coefficient (Wildman–Crippen LogP) is 1.54. The Morgan fingerprint density at radius 2 is 1.96 bits per heavy atom. The normalized spacial score (nSPS) is 10.2. The quantitative estimate of drug-likeness (QED) is 0.488. The van der Waals surface area contributed by atoms with Crippen LogP contribution >= 0.6 is 0 Å². The van der Waals surface area contributed by atoms with Crippen LogP contribution in [0, 0.1) is 12.3 Å². The summed E-state index contributed by atoms with van der Waals surface area (Å²) in [6.07, 6.45) is 9.70. The molecule has 138 valence electrons. The molecule has 0 bridgehead atoms. The number of carbonyl (C=O) groups is 3. The van der Waals surface area contributed by atoms with Crippen molar-refractivity contribution >= 4 is 29.5 Å². The van der Waals surface area contributed by atoms with E-state index in [9.17, 15) is 14.4 Å². The van der Waals surface area contributed by atoms with Gasteiger partial charge in [-0.25, -0.2) is 0 Å². The molecular weight excluding hydrogens is 346 g/mol. The van der Waals surface area contributed by atoms with E-state index in [4.69, 9.17) is 10.8 Å². The van der Waals surface area contributed by atoms with Crippen LogP contribution in [0.2, 0.25) is 0 Å². The van der Waals surface area contributed by atoms with Gasteiger partial charge in [0.15, 0.2) is 0 Å². The zero-order valence-corrected chi connectivity index (χ0v) is 14.5. The van der Waals surface area contributed by atoms with Crippen LogP contribution in [-0.4, -0.2) is 30.8 Å². The minimum Gasteiger partial charge on any atom is -0.465 e. The topological polar surface area (TPSA) is 100 Å². The second kappa shape index (κ2) is 10.3. The first-order valence-corrected chi connectivity index (χ1v) is 8.19. The van der Waals surface area contributed by atoms with Crippen LogP contribution in [0.3, 0.4) is 0 Å². The number of terminal acetylenes is 1. The van der Waals surface area contributed by atoms with Gasteiger partial charge in [-0.2, -0.15) is 0 Å². The highest BCUT2D eigenvalue weighted by atomic mass is 16.3. The van der Waals surface area contributed by atoms with Crippen LogP contribution in [0.5, 0.6) is 0 Å².